The minimum Gasteiger partial charge on any atom is -0.387 e. The van der Waals surface area contributed by atoms with Crippen LogP contribution in [0.15, 0.2) is 22.5 Å². The van der Waals surface area contributed by atoms with Crippen molar-refractivity contribution >= 4 is 17.2 Å². The molecule has 0 aliphatic heterocycles. The van der Waals surface area contributed by atoms with Crippen molar-refractivity contribution in [3.63, 3.8) is 0 Å². The number of nitrogens with zero attached hydrogens (tertiary/aromatic N) is 1. The molecule has 3 heteroatoms. The third-order valence-corrected chi connectivity index (χ3v) is 4.49. The second-order valence-corrected chi connectivity index (χ2v) is 5.83. The van der Waals surface area contributed by atoms with Crippen LogP contribution in [0, 0.1) is 5.92 Å². The fraction of sp³-hybridized carbons (Fsp3) is 0.643. The Bertz CT molecular complexity index is 350. The summed E-state index contributed by atoms with van der Waals surface area (Å²) < 4.78 is 0. The Kier molecular flexibility index (Phi) is 4.60. The maximum absolute atomic E-state index is 6.17. The predicted octanol–water partition coefficient (Wildman–Crippen LogP) is 4.14. The molecule has 1 aliphatic carbocycles. The molecule has 0 radical (unpaired) electrons. The van der Waals surface area contributed by atoms with Gasteiger partial charge in [-0.3, -0.25) is 4.99 Å². The molecule has 1 aliphatic rings. The van der Waals surface area contributed by atoms with E-state index in [2.05, 4.69) is 24.4 Å². The van der Waals surface area contributed by atoms with E-state index in [0.29, 0.717) is 12.0 Å². The molecule has 17 heavy (non-hydrogen) atoms. The largest absolute Gasteiger partial charge is 0.387 e. The zero-order valence-corrected chi connectivity index (χ0v) is 11.4. The first kappa shape index (κ1) is 12.6. The van der Waals surface area contributed by atoms with Gasteiger partial charge in [0, 0.05) is 10.8 Å². The molecule has 94 valence electrons. The Morgan fingerprint density at radius 3 is 2.88 bits per heavy atom. The number of thiophene rings is 1. The van der Waals surface area contributed by atoms with Crippen LogP contribution in [-0.2, 0) is 0 Å². The van der Waals surface area contributed by atoms with Gasteiger partial charge in [-0.2, -0.15) is 0 Å². The van der Waals surface area contributed by atoms with Gasteiger partial charge in [0.25, 0.3) is 0 Å². The molecule has 0 aromatic carbocycles. The molecule has 1 aromatic rings. The first-order chi connectivity index (χ1) is 8.31. The van der Waals surface area contributed by atoms with Gasteiger partial charge in [-0.05, 0) is 30.7 Å². The standard InChI is InChI=1S/C14H22N2S/c1-2-6-12(13-9-5-10-17-13)16-14(15)11-7-3-4-8-11/h5,9-12H,2-4,6-8H2,1H3,(H2,15,16). The van der Waals surface area contributed by atoms with Crippen LogP contribution in [0.3, 0.4) is 0 Å². The van der Waals surface area contributed by atoms with Crippen LogP contribution >= 0.6 is 11.3 Å². The number of hydrogen-bond acceptors (Lipinski definition) is 2. The molecule has 2 rings (SSSR count). The Balaban J connectivity index is 2.08. The van der Waals surface area contributed by atoms with Crippen molar-refractivity contribution < 1.29 is 0 Å². The summed E-state index contributed by atoms with van der Waals surface area (Å²) in [6.07, 6.45) is 7.37. The normalized spacial score (nSPS) is 19.7. The molecule has 2 N–H and O–H groups in total. The van der Waals surface area contributed by atoms with Crippen molar-refractivity contribution in [2.75, 3.05) is 0 Å². The lowest BCUT2D eigenvalue weighted by molar-refractivity contribution is 0.631. The van der Waals surface area contributed by atoms with Crippen molar-refractivity contribution in [1.82, 2.24) is 0 Å². The smallest absolute Gasteiger partial charge is 0.0976 e. The average Bonchev–Trinajstić information content (AvgIpc) is 3.01. The first-order valence-electron chi connectivity index (χ1n) is 6.67. The fourth-order valence-corrected chi connectivity index (χ4v) is 3.33. The molecule has 0 spiro atoms. The topological polar surface area (TPSA) is 38.4 Å². The van der Waals surface area contributed by atoms with E-state index < -0.39 is 0 Å². The highest BCUT2D eigenvalue weighted by molar-refractivity contribution is 7.10. The number of aliphatic imine (C=N–C) groups is 1. The van der Waals surface area contributed by atoms with E-state index in [1.807, 2.05) is 0 Å². The number of hydrogen-bond donors (Lipinski definition) is 1. The Hall–Kier alpha value is -0.830. The molecule has 1 saturated carbocycles. The lowest BCUT2D eigenvalue weighted by Crippen LogP contribution is -2.22. The van der Waals surface area contributed by atoms with Gasteiger partial charge < -0.3 is 5.73 Å². The molecular formula is C14H22N2S. The van der Waals surface area contributed by atoms with Gasteiger partial charge in [-0.25, -0.2) is 0 Å². The lowest BCUT2D eigenvalue weighted by Gasteiger charge is -2.14. The first-order valence-corrected chi connectivity index (χ1v) is 7.55. The van der Waals surface area contributed by atoms with Crippen molar-refractivity contribution in [3.05, 3.63) is 22.4 Å². The molecule has 1 heterocycles. The van der Waals surface area contributed by atoms with Gasteiger partial charge >= 0.3 is 0 Å². The summed E-state index contributed by atoms with van der Waals surface area (Å²) in [7, 11) is 0. The Morgan fingerprint density at radius 2 is 2.29 bits per heavy atom. The highest BCUT2D eigenvalue weighted by atomic mass is 32.1. The molecule has 1 unspecified atom stereocenters. The molecule has 1 fully saturated rings. The summed E-state index contributed by atoms with van der Waals surface area (Å²) in [6.45, 7) is 2.21. The van der Waals surface area contributed by atoms with E-state index in [0.717, 1.165) is 18.7 Å². The van der Waals surface area contributed by atoms with Gasteiger partial charge in [0.2, 0.25) is 0 Å². The predicted molar refractivity (Wildman–Crippen MR) is 75.5 cm³/mol. The number of amidine groups is 1. The SMILES string of the molecule is CCCC(N=C(N)C1CCCC1)c1cccs1. The zero-order chi connectivity index (χ0) is 12.1. The van der Waals surface area contributed by atoms with E-state index in [1.54, 1.807) is 11.3 Å². The van der Waals surface area contributed by atoms with Crippen molar-refractivity contribution in [3.8, 4) is 0 Å². The van der Waals surface area contributed by atoms with Crippen molar-refractivity contribution in [1.29, 1.82) is 0 Å². The second kappa shape index (κ2) is 6.20. The quantitative estimate of drug-likeness (QED) is 0.619. The van der Waals surface area contributed by atoms with Gasteiger partial charge in [0.1, 0.15) is 0 Å². The van der Waals surface area contributed by atoms with Crippen molar-refractivity contribution in [2.24, 2.45) is 16.6 Å². The average molecular weight is 250 g/mol. The molecule has 0 bridgehead atoms. The highest BCUT2D eigenvalue weighted by Gasteiger charge is 2.20. The molecule has 0 saturated heterocycles. The number of rotatable bonds is 5. The van der Waals surface area contributed by atoms with Crippen molar-refractivity contribution in [2.45, 2.75) is 51.5 Å². The Morgan fingerprint density at radius 1 is 1.53 bits per heavy atom. The van der Waals surface area contributed by atoms with Gasteiger partial charge in [-0.15, -0.1) is 11.3 Å². The van der Waals surface area contributed by atoms with E-state index in [-0.39, 0.29) is 0 Å². The van der Waals surface area contributed by atoms with E-state index in [1.165, 1.54) is 30.6 Å². The van der Waals surface area contributed by atoms with Crippen LogP contribution in [0.1, 0.15) is 56.4 Å². The van der Waals surface area contributed by atoms with E-state index >= 15 is 0 Å². The third kappa shape index (κ3) is 3.32. The maximum Gasteiger partial charge on any atom is 0.0976 e. The molecule has 2 nitrogen and oxygen atoms in total. The monoisotopic (exact) mass is 250 g/mol. The maximum atomic E-state index is 6.17. The van der Waals surface area contributed by atoms with E-state index in [9.17, 15) is 0 Å². The van der Waals surface area contributed by atoms with Crippen LogP contribution in [0.25, 0.3) is 0 Å². The van der Waals surface area contributed by atoms with Crippen LogP contribution < -0.4 is 5.73 Å². The summed E-state index contributed by atoms with van der Waals surface area (Å²) in [6, 6.07) is 4.57. The summed E-state index contributed by atoms with van der Waals surface area (Å²) in [4.78, 5) is 6.15. The summed E-state index contributed by atoms with van der Waals surface area (Å²) >= 11 is 1.79. The van der Waals surface area contributed by atoms with Gasteiger partial charge in [0.15, 0.2) is 0 Å². The van der Waals surface area contributed by atoms with Crippen LogP contribution in [0.4, 0.5) is 0 Å². The van der Waals surface area contributed by atoms with Crippen LogP contribution in [-0.4, -0.2) is 5.84 Å². The summed E-state index contributed by atoms with van der Waals surface area (Å²) in [5.41, 5.74) is 6.17. The molecule has 1 atom stereocenters. The number of nitrogens with two attached hydrogens (primary N) is 1. The van der Waals surface area contributed by atoms with Gasteiger partial charge in [0.05, 0.1) is 11.9 Å². The third-order valence-electron chi connectivity index (χ3n) is 3.51. The van der Waals surface area contributed by atoms with Crippen LogP contribution in [0.5, 0.6) is 0 Å². The molecule has 1 aromatic heterocycles. The molecule has 0 amide bonds. The van der Waals surface area contributed by atoms with E-state index in [4.69, 9.17) is 10.7 Å². The summed E-state index contributed by atoms with van der Waals surface area (Å²) in [5.74, 6) is 1.45. The minimum absolute atomic E-state index is 0.292. The minimum atomic E-state index is 0.292. The van der Waals surface area contributed by atoms with Crippen LogP contribution in [0.2, 0.25) is 0 Å². The lowest BCUT2D eigenvalue weighted by atomic mass is 10.1. The molecular weight excluding hydrogens is 228 g/mol. The fourth-order valence-electron chi connectivity index (χ4n) is 2.53. The zero-order valence-electron chi connectivity index (χ0n) is 10.6. The highest BCUT2D eigenvalue weighted by Crippen LogP contribution is 2.30. The Labute approximate surface area is 108 Å². The van der Waals surface area contributed by atoms with Gasteiger partial charge in [-0.1, -0.05) is 32.3 Å². The second-order valence-electron chi connectivity index (χ2n) is 4.86. The summed E-state index contributed by atoms with van der Waals surface area (Å²) in [5, 5.41) is 2.12.